The fourth-order valence-corrected chi connectivity index (χ4v) is 4.41. The van der Waals surface area contributed by atoms with Crippen LogP contribution in [-0.2, 0) is 11.3 Å². The van der Waals surface area contributed by atoms with Gasteiger partial charge in [-0.3, -0.25) is 14.5 Å². The molecule has 2 aromatic carbocycles. The highest BCUT2D eigenvalue weighted by Gasteiger charge is 2.22. The predicted molar refractivity (Wildman–Crippen MR) is 118 cm³/mol. The van der Waals surface area contributed by atoms with Gasteiger partial charge in [-0.15, -0.1) is 11.8 Å². The van der Waals surface area contributed by atoms with Crippen molar-refractivity contribution in [3.63, 3.8) is 0 Å². The van der Waals surface area contributed by atoms with Crippen LogP contribution in [0.5, 0.6) is 0 Å². The van der Waals surface area contributed by atoms with Crippen LogP contribution in [-0.4, -0.2) is 72.5 Å². The Labute approximate surface area is 181 Å². The Hall–Kier alpha value is -2.38. The van der Waals surface area contributed by atoms with Crippen LogP contribution in [0.25, 0.3) is 0 Å². The van der Waals surface area contributed by atoms with Gasteiger partial charge in [0.1, 0.15) is 5.82 Å². The normalized spacial score (nSPS) is 15.0. The van der Waals surface area contributed by atoms with Gasteiger partial charge in [0.05, 0.1) is 11.3 Å². The maximum absolute atomic E-state index is 13.2. The van der Waals surface area contributed by atoms with Crippen LogP contribution in [0.15, 0.2) is 53.4 Å². The second-order valence-corrected chi connectivity index (χ2v) is 8.64. The molecular formula is C23H28FN3O2S. The van der Waals surface area contributed by atoms with Gasteiger partial charge in [0.2, 0.25) is 5.91 Å². The van der Waals surface area contributed by atoms with E-state index in [1.807, 2.05) is 41.3 Å². The van der Waals surface area contributed by atoms with Crippen molar-refractivity contribution in [1.82, 2.24) is 14.7 Å². The van der Waals surface area contributed by atoms with Crippen molar-refractivity contribution in [2.24, 2.45) is 0 Å². The number of carbonyl (C=O) groups excluding carboxylic acids is 2. The maximum Gasteiger partial charge on any atom is 0.255 e. The molecule has 160 valence electrons. The zero-order chi connectivity index (χ0) is 21.5. The van der Waals surface area contributed by atoms with Crippen LogP contribution in [0.1, 0.15) is 22.3 Å². The molecule has 3 rings (SSSR count). The smallest absolute Gasteiger partial charge is 0.255 e. The molecular weight excluding hydrogens is 401 g/mol. The summed E-state index contributed by atoms with van der Waals surface area (Å²) in [5, 5.41) is 0. The molecule has 2 amide bonds. The van der Waals surface area contributed by atoms with Crippen LogP contribution >= 0.6 is 11.8 Å². The number of carbonyl (C=O) groups is 2. The van der Waals surface area contributed by atoms with Crippen molar-refractivity contribution in [2.75, 3.05) is 46.0 Å². The number of hydrogen-bond acceptors (Lipinski definition) is 4. The summed E-state index contributed by atoms with van der Waals surface area (Å²) in [4.78, 5) is 31.7. The lowest BCUT2D eigenvalue weighted by molar-refractivity contribution is -0.125. The summed E-state index contributed by atoms with van der Waals surface area (Å²) >= 11 is 1.40. The third-order valence-electron chi connectivity index (χ3n) is 5.16. The molecule has 0 saturated carbocycles. The minimum atomic E-state index is -0.227. The lowest BCUT2D eigenvalue weighted by Gasteiger charge is -2.23. The van der Waals surface area contributed by atoms with Crippen molar-refractivity contribution in [1.29, 1.82) is 0 Å². The number of nitrogens with zero attached hydrogens (tertiary/aromatic N) is 3. The molecule has 2 aromatic rings. The van der Waals surface area contributed by atoms with Gasteiger partial charge in [0.25, 0.3) is 5.91 Å². The minimum Gasteiger partial charge on any atom is -0.348 e. The van der Waals surface area contributed by atoms with Crippen molar-refractivity contribution < 1.29 is 14.0 Å². The number of thioether (sulfide) groups is 1. The molecule has 1 saturated heterocycles. The average molecular weight is 430 g/mol. The van der Waals surface area contributed by atoms with Crippen molar-refractivity contribution in [2.45, 2.75) is 17.9 Å². The number of halogens is 1. The predicted octanol–water partition coefficient (Wildman–Crippen LogP) is 3.35. The summed E-state index contributed by atoms with van der Waals surface area (Å²) in [6.45, 7) is 3.78. The molecule has 1 aliphatic rings. The van der Waals surface area contributed by atoms with Crippen LogP contribution in [0.4, 0.5) is 4.39 Å². The van der Waals surface area contributed by atoms with Gasteiger partial charge in [-0.2, -0.15) is 0 Å². The van der Waals surface area contributed by atoms with E-state index in [9.17, 15) is 14.0 Å². The Kier molecular flexibility index (Phi) is 7.87. The molecule has 7 heteroatoms. The van der Waals surface area contributed by atoms with Crippen molar-refractivity contribution in [3.8, 4) is 0 Å². The van der Waals surface area contributed by atoms with Crippen molar-refractivity contribution >= 4 is 23.6 Å². The molecule has 0 radical (unpaired) electrons. The average Bonchev–Trinajstić information content (AvgIpc) is 2.99. The zero-order valence-corrected chi connectivity index (χ0v) is 18.3. The third kappa shape index (κ3) is 6.06. The highest BCUT2D eigenvalue weighted by atomic mass is 32.2. The molecule has 0 aliphatic carbocycles. The number of amides is 2. The highest BCUT2D eigenvalue weighted by molar-refractivity contribution is 8.00. The largest absolute Gasteiger partial charge is 0.348 e. The van der Waals surface area contributed by atoms with E-state index in [2.05, 4.69) is 4.90 Å². The first-order valence-electron chi connectivity index (χ1n) is 10.1. The molecule has 0 spiro atoms. The first-order chi connectivity index (χ1) is 14.4. The SMILES string of the molecule is CN(C)C(=O)CSc1ccccc1C(=O)N1CCCN(Cc2ccc(F)cc2)CC1. The van der Waals surface area contributed by atoms with E-state index in [0.717, 1.165) is 36.5 Å². The number of rotatable bonds is 6. The lowest BCUT2D eigenvalue weighted by Crippen LogP contribution is -2.35. The molecule has 0 bridgehead atoms. The fourth-order valence-electron chi connectivity index (χ4n) is 3.39. The van der Waals surface area contributed by atoms with Crippen molar-refractivity contribution in [3.05, 3.63) is 65.5 Å². The van der Waals surface area contributed by atoms with E-state index in [1.165, 1.54) is 23.9 Å². The van der Waals surface area contributed by atoms with Crippen LogP contribution in [0, 0.1) is 5.82 Å². The fraction of sp³-hybridized carbons (Fsp3) is 0.391. The molecule has 30 heavy (non-hydrogen) atoms. The first kappa shape index (κ1) is 22.3. The van der Waals surface area contributed by atoms with Crippen LogP contribution in [0.2, 0.25) is 0 Å². The molecule has 0 N–H and O–H groups in total. The summed E-state index contributed by atoms with van der Waals surface area (Å²) in [6.07, 6.45) is 0.890. The van der Waals surface area contributed by atoms with E-state index in [1.54, 1.807) is 19.0 Å². The molecule has 0 aromatic heterocycles. The maximum atomic E-state index is 13.2. The topological polar surface area (TPSA) is 43.9 Å². The molecule has 1 aliphatic heterocycles. The Morgan fingerprint density at radius 1 is 1.00 bits per heavy atom. The van der Waals surface area contributed by atoms with Crippen LogP contribution in [0.3, 0.4) is 0 Å². The standard InChI is InChI=1S/C23H28FN3O2S/c1-25(2)22(28)17-30-21-7-4-3-6-20(21)23(29)27-13-5-12-26(14-15-27)16-18-8-10-19(24)11-9-18/h3-4,6-11H,5,12-17H2,1-2H3. The number of benzene rings is 2. The van der Waals surface area contributed by atoms with E-state index in [4.69, 9.17) is 0 Å². The van der Waals surface area contributed by atoms with Gasteiger partial charge in [-0.05, 0) is 36.2 Å². The second-order valence-electron chi connectivity index (χ2n) is 7.62. The molecule has 0 atom stereocenters. The van der Waals surface area contributed by atoms with E-state index in [-0.39, 0.29) is 17.6 Å². The van der Waals surface area contributed by atoms with Gasteiger partial charge >= 0.3 is 0 Å². The van der Waals surface area contributed by atoms with Gasteiger partial charge in [-0.1, -0.05) is 24.3 Å². The Balaban J connectivity index is 1.62. The Morgan fingerprint density at radius 2 is 1.73 bits per heavy atom. The quantitative estimate of drug-likeness (QED) is 0.661. The van der Waals surface area contributed by atoms with E-state index < -0.39 is 0 Å². The summed E-state index contributed by atoms with van der Waals surface area (Å²) in [5.74, 6) is 0.116. The monoisotopic (exact) mass is 429 g/mol. The summed E-state index contributed by atoms with van der Waals surface area (Å²) in [7, 11) is 3.46. The third-order valence-corrected chi connectivity index (χ3v) is 6.22. The Bertz CT molecular complexity index is 873. The van der Waals surface area contributed by atoms with Gasteiger partial charge in [0.15, 0.2) is 0 Å². The van der Waals surface area contributed by atoms with Gasteiger partial charge in [-0.25, -0.2) is 4.39 Å². The Morgan fingerprint density at radius 3 is 2.47 bits per heavy atom. The summed E-state index contributed by atoms with van der Waals surface area (Å²) < 4.78 is 13.1. The van der Waals surface area contributed by atoms with E-state index in [0.29, 0.717) is 24.4 Å². The van der Waals surface area contributed by atoms with Gasteiger partial charge < -0.3 is 9.80 Å². The minimum absolute atomic E-state index is 0.0130. The lowest BCUT2D eigenvalue weighted by atomic mass is 10.2. The molecule has 0 unspecified atom stereocenters. The zero-order valence-electron chi connectivity index (χ0n) is 17.5. The number of hydrogen-bond donors (Lipinski definition) is 0. The molecule has 1 heterocycles. The highest BCUT2D eigenvalue weighted by Crippen LogP contribution is 2.24. The first-order valence-corrected chi connectivity index (χ1v) is 11.1. The van der Waals surface area contributed by atoms with Crippen LogP contribution < -0.4 is 0 Å². The van der Waals surface area contributed by atoms with E-state index >= 15 is 0 Å². The van der Waals surface area contributed by atoms with Gasteiger partial charge in [0, 0.05) is 51.7 Å². The summed E-state index contributed by atoms with van der Waals surface area (Å²) in [6, 6.07) is 14.1. The summed E-state index contributed by atoms with van der Waals surface area (Å²) in [5.41, 5.74) is 1.73. The molecule has 5 nitrogen and oxygen atoms in total. The second kappa shape index (κ2) is 10.6. The molecule has 1 fully saturated rings.